The summed E-state index contributed by atoms with van der Waals surface area (Å²) < 4.78 is 7.12. The van der Waals surface area contributed by atoms with Crippen molar-refractivity contribution in [3.63, 3.8) is 0 Å². The molecule has 1 radical (unpaired) electrons. The lowest BCUT2D eigenvalue weighted by Crippen LogP contribution is -2.55. The molecule has 0 amide bonds. The van der Waals surface area contributed by atoms with Crippen LogP contribution in [0.1, 0.15) is 132 Å². The molecular weight excluding hydrogens is 520 g/mol. The molecule has 0 heterocycles. The first-order valence-corrected chi connectivity index (χ1v) is 18.9. The lowest BCUT2D eigenvalue weighted by atomic mass is 9.41. The van der Waals surface area contributed by atoms with Crippen LogP contribution in [0.25, 0.3) is 0 Å². The summed E-state index contributed by atoms with van der Waals surface area (Å²) in [5.41, 5.74) is 6.83. The summed E-state index contributed by atoms with van der Waals surface area (Å²) >= 11 is 0. The largest absolute Gasteiger partial charge is 0.456 e. The first-order chi connectivity index (χ1) is 21.0. The van der Waals surface area contributed by atoms with Crippen molar-refractivity contribution in [1.29, 1.82) is 0 Å². The van der Waals surface area contributed by atoms with E-state index >= 15 is 0 Å². The van der Waals surface area contributed by atoms with E-state index in [-0.39, 0.29) is 0 Å². The quantitative estimate of drug-likeness (QED) is 0.347. The van der Waals surface area contributed by atoms with Crippen molar-refractivity contribution in [2.45, 2.75) is 132 Å². The van der Waals surface area contributed by atoms with Gasteiger partial charge < -0.3 is 4.74 Å². The van der Waals surface area contributed by atoms with Gasteiger partial charge in [0.05, 0.1) is 0 Å². The average Bonchev–Trinajstić information content (AvgIpc) is 2.95. The van der Waals surface area contributed by atoms with Gasteiger partial charge in [-0.3, -0.25) is 0 Å². The van der Waals surface area contributed by atoms with Crippen LogP contribution in [-0.4, -0.2) is 0 Å². The van der Waals surface area contributed by atoms with Gasteiger partial charge in [0.25, 0.3) is 0 Å². The molecule has 1 nitrogen and oxygen atoms in total. The van der Waals surface area contributed by atoms with Gasteiger partial charge in [-0.05, 0) is 203 Å². The number of hydrogen-bond acceptors (Lipinski definition) is 1. The highest BCUT2D eigenvalue weighted by Gasteiger charge is 2.60. The third-order valence-electron chi connectivity index (χ3n) is 15.8. The molecule has 12 bridgehead atoms. The zero-order chi connectivity index (χ0) is 28.0. The Morgan fingerprint density at radius 3 is 1.30 bits per heavy atom. The van der Waals surface area contributed by atoms with Crippen LogP contribution < -0.4 is 4.74 Å². The molecule has 2 aromatic carbocycles. The van der Waals surface area contributed by atoms with Gasteiger partial charge in [-0.2, -0.15) is 0 Å². The molecule has 12 fully saturated rings. The number of rotatable bonds is 5. The number of para-hydroxylation sites is 1. The topological polar surface area (TPSA) is 9.23 Å². The van der Waals surface area contributed by atoms with Crippen LogP contribution >= 0.6 is 0 Å². The fourth-order valence-electron chi connectivity index (χ4n) is 16.0. The Labute approximate surface area is 259 Å². The summed E-state index contributed by atoms with van der Waals surface area (Å²) in [6.45, 7) is 0. The third kappa shape index (κ3) is 3.69. The molecule has 0 N–H and O–H groups in total. The summed E-state index contributed by atoms with van der Waals surface area (Å²) in [6.07, 6.45) is 27.0. The average molecular weight is 572 g/mol. The fraction of sp³-hybridized carbons (Fsp3) is 0.714. The van der Waals surface area contributed by atoms with E-state index in [0.717, 1.165) is 59.0 Å². The molecule has 0 unspecified atom stereocenters. The first kappa shape index (κ1) is 25.4. The molecule has 0 aromatic heterocycles. The van der Waals surface area contributed by atoms with Crippen LogP contribution in [0.15, 0.2) is 36.4 Å². The van der Waals surface area contributed by atoms with Gasteiger partial charge in [0, 0.05) is 17.0 Å². The Morgan fingerprint density at radius 2 is 0.884 bits per heavy atom. The monoisotopic (exact) mass is 571 g/mol. The Balaban J connectivity index is 1.18. The van der Waals surface area contributed by atoms with Crippen molar-refractivity contribution >= 4 is 0 Å². The molecule has 12 saturated carbocycles. The van der Waals surface area contributed by atoms with Gasteiger partial charge in [-0.1, -0.05) is 24.3 Å². The highest BCUT2D eigenvalue weighted by Crippen LogP contribution is 2.70. The van der Waals surface area contributed by atoms with Crippen LogP contribution in [0.3, 0.4) is 0 Å². The van der Waals surface area contributed by atoms with E-state index < -0.39 is 0 Å². The Kier molecular flexibility index (Phi) is 5.16. The van der Waals surface area contributed by atoms with Gasteiger partial charge in [0.2, 0.25) is 0 Å². The minimum Gasteiger partial charge on any atom is -0.456 e. The minimum absolute atomic E-state index is 0.343. The second kappa shape index (κ2) is 8.73. The summed E-state index contributed by atoms with van der Waals surface area (Å²) in [6, 6.07) is 17.1. The van der Waals surface area contributed by atoms with E-state index in [1.54, 1.807) is 5.56 Å². The molecule has 12 aliphatic carbocycles. The molecule has 1 heteroatoms. The maximum absolute atomic E-state index is 7.12. The Hall–Kier alpha value is -1.76. The summed E-state index contributed by atoms with van der Waals surface area (Å²) in [4.78, 5) is 0. The molecule has 0 spiro atoms. The van der Waals surface area contributed by atoms with Crippen molar-refractivity contribution < 1.29 is 4.74 Å². The van der Waals surface area contributed by atoms with Crippen LogP contribution in [0, 0.1) is 59.3 Å². The van der Waals surface area contributed by atoms with Gasteiger partial charge in [-0.15, -0.1) is 0 Å². The van der Waals surface area contributed by atoms with E-state index in [2.05, 4.69) is 36.4 Å². The predicted molar refractivity (Wildman–Crippen MR) is 171 cm³/mol. The molecule has 43 heavy (non-hydrogen) atoms. The van der Waals surface area contributed by atoms with Crippen molar-refractivity contribution in [3.05, 3.63) is 59.2 Å². The maximum Gasteiger partial charge on any atom is 0.135 e. The zero-order valence-corrected chi connectivity index (χ0v) is 26.3. The van der Waals surface area contributed by atoms with Gasteiger partial charge in [-0.25, -0.2) is 0 Å². The molecule has 0 saturated heterocycles. The first-order valence-electron chi connectivity index (χ1n) is 18.9. The SMILES string of the molecule is [c]1ccccc1Oc1ccc(C23CC4CC(CC(C4)C2)C3)c(C23CC4CC(CC(C4)C2)C3)c1C12CC3CC(CC(C3)C1)C2. The highest BCUT2D eigenvalue weighted by molar-refractivity contribution is 5.58. The summed E-state index contributed by atoms with van der Waals surface area (Å²) in [7, 11) is 0. The van der Waals surface area contributed by atoms with Gasteiger partial charge in [0.15, 0.2) is 0 Å². The Morgan fingerprint density at radius 1 is 0.465 bits per heavy atom. The van der Waals surface area contributed by atoms with Gasteiger partial charge in [0.1, 0.15) is 11.5 Å². The lowest BCUT2D eigenvalue weighted by Gasteiger charge is -2.63. The summed E-state index contributed by atoms with van der Waals surface area (Å²) in [5, 5.41) is 0. The van der Waals surface area contributed by atoms with Crippen molar-refractivity contribution in [2.24, 2.45) is 53.3 Å². The zero-order valence-electron chi connectivity index (χ0n) is 26.3. The predicted octanol–water partition coefficient (Wildman–Crippen LogP) is 10.7. The molecule has 14 rings (SSSR count). The maximum atomic E-state index is 7.12. The van der Waals surface area contributed by atoms with Crippen LogP contribution in [0.5, 0.6) is 11.5 Å². The van der Waals surface area contributed by atoms with Gasteiger partial charge >= 0.3 is 0 Å². The molecule has 0 aliphatic heterocycles. The van der Waals surface area contributed by atoms with E-state index in [1.165, 1.54) is 121 Å². The second-order valence-electron chi connectivity index (χ2n) is 18.8. The Bertz CT molecular complexity index is 1340. The number of benzene rings is 2. The second-order valence-corrected chi connectivity index (χ2v) is 18.8. The van der Waals surface area contributed by atoms with Crippen molar-refractivity contribution in [1.82, 2.24) is 0 Å². The fourth-order valence-corrected chi connectivity index (χ4v) is 16.0. The molecule has 225 valence electrons. The summed E-state index contributed by atoms with van der Waals surface area (Å²) in [5.74, 6) is 11.0. The smallest absolute Gasteiger partial charge is 0.135 e. The van der Waals surface area contributed by atoms with E-state index in [4.69, 9.17) is 4.74 Å². The van der Waals surface area contributed by atoms with Crippen LogP contribution in [-0.2, 0) is 16.2 Å². The standard InChI is InChI=1S/C42H51O/c1-2-4-35(5-3-1)43-37-7-6-36(40-17-26-8-27(18-40)10-28(9-26)19-40)38(41-20-29-11-30(21-41)13-31(12-29)22-41)39(37)42-23-32-14-33(24-42)16-34(15-32)25-42/h1-4,6-7,26-34H,8-25H2. The number of hydrogen-bond donors (Lipinski definition) is 0. The lowest BCUT2D eigenvalue weighted by molar-refractivity contribution is -0.0248. The molecular formula is C42H51O. The normalized spacial score (nSPS) is 49.6. The van der Waals surface area contributed by atoms with E-state index in [1.807, 2.05) is 17.2 Å². The molecule has 0 atom stereocenters. The van der Waals surface area contributed by atoms with E-state index in [0.29, 0.717) is 16.2 Å². The minimum atomic E-state index is 0.343. The van der Waals surface area contributed by atoms with Crippen LogP contribution in [0.4, 0.5) is 0 Å². The van der Waals surface area contributed by atoms with E-state index in [9.17, 15) is 0 Å². The molecule has 2 aromatic rings. The number of ether oxygens (including phenoxy) is 1. The van der Waals surface area contributed by atoms with Crippen molar-refractivity contribution in [3.8, 4) is 11.5 Å². The van der Waals surface area contributed by atoms with Crippen LogP contribution in [0.2, 0.25) is 0 Å². The van der Waals surface area contributed by atoms with Crippen molar-refractivity contribution in [2.75, 3.05) is 0 Å². The highest BCUT2D eigenvalue weighted by atomic mass is 16.5. The molecule has 12 aliphatic rings. The third-order valence-corrected chi connectivity index (χ3v) is 15.8.